The molecular weight excluding hydrogens is 252 g/mol. The lowest BCUT2D eigenvalue weighted by Crippen LogP contribution is -2.44. The van der Waals surface area contributed by atoms with Gasteiger partial charge in [0.2, 0.25) is 11.8 Å². The van der Waals surface area contributed by atoms with Gasteiger partial charge in [0.15, 0.2) is 0 Å². The number of anilines is 2. The first-order valence-electron chi connectivity index (χ1n) is 6.28. The van der Waals surface area contributed by atoms with E-state index < -0.39 is 11.3 Å². The predicted molar refractivity (Wildman–Crippen MR) is 67.2 cm³/mol. The van der Waals surface area contributed by atoms with Crippen LogP contribution in [0.1, 0.15) is 31.2 Å². The third-order valence-corrected chi connectivity index (χ3v) is 4.27. The molecule has 1 saturated carbocycles. The Hall–Kier alpha value is -1.72. The van der Waals surface area contributed by atoms with Crippen LogP contribution in [0.3, 0.4) is 0 Å². The molecule has 0 radical (unpaired) electrons. The van der Waals surface area contributed by atoms with Crippen LogP contribution in [-0.4, -0.2) is 23.9 Å². The number of nitrogens with zero attached hydrogens (tertiary/aromatic N) is 2. The van der Waals surface area contributed by atoms with Crippen molar-refractivity contribution in [2.24, 2.45) is 0 Å². The van der Waals surface area contributed by atoms with Crippen molar-refractivity contribution in [3.63, 3.8) is 0 Å². The molecule has 1 aromatic rings. The highest BCUT2D eigenvalue weighted by atomic mass is 19.3. The van der Waals surface area contributed by atoms with Crippen LogP contribution in [0.15, 0.2) is 12.3 Å². The number of hydrogen-bond acceptors (Lipinski definition) is 3. The summed E-state index contributed by atoms with van der Waals surface area (Å²) in [6, 6.07) is 1.70. The minimum atomic E-state index is -2.67. The van der Waals surface area contributed by atoms with Gasteiger partial charge < -0.3 is 5.73 Å². The summed E-state index contributed by atoms with van der Waals surface area (Å²) in [5.41, 5.74) is 6.03. The molecule has 2 aliphatic rings. The van der Waals surface area contributed by atoms with E-state index in [-0.39, 0.29) is 31.6 Å². The van der Waals surface area contributed by atoms with E-state index in [2.05, 4.69) is 4.98 Å². The van der Waals surface area contributed by atoms with Crippen molar-refractivity contribution in [1.82, 2.24) is 4.98 Å². The third kappa shape index (κ3) is 1.62. The molecule has 1 aliphatic heterocycles. The maximum absolute atomic E-state index is 13.4. The third-order valence-electron chi connectivity index (χ3n) is 4.27. The summed E-state index contributed by atoms with van der Waals surface area (Å²) < 4.78 is 26.7. The number of nitrogen functional groups attached to an aromatic ring is 1. The van der Waals surface area contributed by atoms with Gasteiger partial charge in [-0.3, -0.25) is 9.69 Å². The van der Waals surface area contributed by atoms with E-state index in [0.717, 1.165) is 0 Å². The second-order valence-corrected chi connectivity index (χ2v) is 5.44. The van der Waals surface area contributed by atoms with Crippen molar-refractivity contribution < 1.29 is 13.6 Å². The number of carbonyl (C=O) groups is 1. The van der Waals surface area contributed by atoms with Crippen LogP contribution < -0.4 is 10.6 Å². The molecule has 4 nitrogen and oxygen atoms in total. The Kier molecular flexibility index (Phi) is 2.37. The van der Waals surface area contributed by atoms with Crippen LogP contribution in [-0.2, 0) is 10.2 Å². The molecule has 0 unspecified atom stereocenters. The van der Waals surface area contributed by atoms with Gasteiger partial charge >= 0.3 is 0 Å². The van der Waals surface area contributed by atoms with E-state index in [1.54, 1.807) is 13.1 Å². The molecule has 0 bridgehead atoms. The zero-order valence-corrected chi connectivity index (χ0v) is 10.6. The number of pyridine rings is 1. The normalized spacial score (nSPS) is 23.7. The van der Waals surface area contributed by atoms with E-state index in [1.165, 1.54) is 11.1 Å². The van der Waals surface area contributed by atoms with Crippen molar-refractivity contribution in [3.05, 3.63) is 17.8 Å². The molecule has 3 rings (SSSR count). The van der Waals surface area contributed by atoms with Gasteiger partial charge in [-0.1, -0.05) is 0 Å². The summed E-state index contributed by atoms with van der Waals surface area (Å²) in [4.78, 5) is 18.1. The maximum Gasteiger partial charge on any atom is 0.248 e. The lowest BCUT2D eigenvalue weighted by molar-refractivity contribution is -0.127. The van der Waals surface area contributed by atoms with Crippen LogP contribution in [0.25, 0.3) is 0 Å². The SMILES string of the molecule is CN1C(=O)C2(CCC(F)(F)CC2)c2cc(N)cnc21. The highest BCUT2D eigenvalue weighted by Gasteiger charge is 2.55. The van der Waals surface area contributed by atoms with Crippen LogP contribution in [0, 0.1) is 0 Å². The molecule has 102 valence electrons. The Labute approximate surface area is 109 Å². The molecule has 2 N–H and O–H groups in total. The predicted octanol–water partition coefficient (Wildman–Crippen LogP) is 2.09. The van der Waals surface area contributed by atoms with Crippen molar-refractivity contribution in [1.29, 1.82) is 0 Å². The van der Waals surface area contributed by atoms with Crippen molar-refractivity contribution >= 4 is 17.4 Å². The summed E-state index contributed by atoms with van der Waals surface area (Å²) in [5.74, 6) is -2.26. The Morgan fingerprint density at radius 1 is 1.32 bits per heavy atom. The lowest BCUT2D eigenvalue weighted by atomic mass is 9.69. The fourth-order valence-electron chi connectivity index (χ4n) is 3.15. The van der Waals surface area contributed by atoms with E-state index in [9.17, 15) is 13.6 Å². The van der Waals surface area contributed by atoms with Gasteiger partial charge in [-0.15, -0.1) is 0 Å². The van der Waals surface area contributed by atoms with Gasteiger partial charge in [-0.2, -0.15) is 0 Å². The van der Waals surface area contributed by atoms with E-state index in [0.29, 0.717) is 17.1 Å². The maximum atomic E-state index is 13.4. The zero-order valence-electron chi connectivity index (χ0n) is 10.6. The first kappa shape index (κ1) is 12.3. The second kappa shape index (κ2) is 3.65. The van der Waals surface area contributed by atoms with Gasteiger partial charge in [0.1, 0.15) is 5.82 Å². The Morgan fingerprint density at radius 3 is 2.58 bits per heavy atom. The number of alkyl halides is 2. The van der Waals surface area contributed by atoms with Crippen LogP contribution in [0.5, 0.6) is 0 Å². The molecule has 0 aromatic carbocycles. The molecule has 2 heterocycles. The van der Waals surface area contributed by atoms with Gasteiger partial charge in [0, 0.05) is 25.5 Å². The number of aromatic nitrogens is 1. The number of fused-ring (bicyclic) bond motifs is 2. The van der Waals surface area contributed by atoms with Gasteiger partial charge in [0.05, 0.1) is 17.3 Å². The van der Waals surface area contributed by atoms with E-state index in [1.807, 2.05) is 0 Å². The van der Waals surface area contributed by atoms with Crippen LogP contribution in [0.4, 0.5) is 20.3 Å². The standard InChI is InChI=1S/C13H15F2N3O/c1-18-10-9(6-8(16)7-17-10)12(11(18)19)2-4-13(14,15)5-3-12/h6-7H,2-5,16H2,1H3. The minimum absolute atomic E-state index is 0.142. The topological polar surface area (TPSA) is 59.2 Å². The van der Waals surface area contributed by atoms with E-state index >= 15 is 0 Å². The van der Waals surface area contributed by atoms with Crippen molar-refractivity contribution in [2.45, 2.75) is 37.0 Å². The number of carbonyl (C=O) groups excluding carboxylic acids is 1. The summed E-state index contributed by atoms with van der Waals surface area (Å²) in [5, 5.41) is 0. The summed E-state index contributed by atoms with van der Waals surface area (Å²) in [6.07, 6.45) is 1.27. The van der Waals surface area contributed by atoms with Crippen LogP contribution in [0.2, 0.25) is 0 Å². The average Bonchev–Trinajstić information content (AvgIpc) is 2.56. The van der Waals surface area contributed by atoms with Crippen LogP contribution >= 0.6 is 0 Å². The average molecular weight is 267 g/mol. The number of nitrogens with two attached hydrogens (primary N) is 1. The molecule has 1 aromatic heterocycles. The Morgan fingerprint density at radius 2 is 1.95 bits per heavy atom. The Bertz CT molecular complexity index is 549. The van der Waals surface area contributed by atoms with Gasteiger partial charge in [0.25, 0.3) is 0 Å². The number of hydrogen-bond donors (Lipinski definition) is 1. The fourth-order valence-corrected chi connectivity index (χ4v) is 3.15. The van der Waals surface area contributed by atoms with Crippen molar-refractivity contribution in [2.75, 3.05) is 17.7 Å². The molecule has 1 aliphatic carbocycles. The summed E-state index contributed by atoms with van der Waals surface area (Å²) in [7, 11) is 1.63. The summed E-state index contributed by atoms with van der Waals surface area (Å²) >= 11 is 0. The highest BCUT2D eigenvalue weighted by molar-refractivity contribution is 6.07. The second-order valence-electron chi connectivity index (χ2n) is 5.44. The molecule has 1 spiro atoms. The molecule has 0 atom stereocenters. The number of amides is 1. The smallest absolute Gasteiger partial charge is 0.248 e. The monoisotopic (exact) mass is 267 g/mol. The summed E-state index contributed by atoms with van der Waals surface area (Å²) in [6.45, 7) is 0. The van der Waals surface area contributed by atoms with Gasteiger partial charge in [-0.25, -0.2) is 13.8 Å². The number of likely N-dealkylation sites (N-methyl/N-ethyl adjacent to an activating group) is 1. The fraction of sp³-hybridized carbons (Fsp3) is 0.538. The number of rotatable bonds is 0. The highest BCUT2D eigenvalue weighted by Crippen LogP contribution is 2.52. The first-order chi connectivity index (χ1) is 8.86. The zero-order chi connectivity index (χ0) is 13.8. The number of halogens is 2. The molecule has 6 heteroatoms. The molecule has 1 fully saturated rings. The first-order valence-corrected chi connectivity index (χ1v) is 6.28. The van der Waals surface area contributed by atoms with E-state index in [4.69, 9.17) is 5.73 Å². The molecule has 1 amide bonds. The Balaban J connectivity index is 2.08. The largest absolute Gasteiger partial charge is 0.397 e. The quantitative estimate of drug-likeness (QED) is 0.783. The van der Waals surface area contributed by atoms with Gasteiger partial charge in [-0.05, 0) is 18.9 Å². The lowest BCUT2D eigenvalue weighted by Gasteiger charge is -2.35. The minimum Gasteiger partial charge on any atom is -0.397 e. The molecule has 19 heavy (non-hydrogen) atoms. The molecular formula is C13H15F2N3O. The molecule has 0 saturated heterocycles. The van der Waals surface area contributed by atoms with Crippen molar-refractivity contribution in [3.8, 4) is 0 Å².